The molecule has 0 spiro atoms. The molecule has 2 aromatic carbocycles. The van der Waals surface area contributed by atoms with Crippen LogP contribution in [0.25, 0.3) is 20.3 Å². The highest BCUT2D eigenvalue weighted by molar-refractivity contribution is 7.21. The Morgan fingerprint density at radius 1 is 1.26 bits per heavy atom. The van der Waals surface area contributed by atoms with Gasteiger partial charge in [0.1, 0.15) is 17.6 Å². The molecular weight excluding hydrogens is 428 g/mol. The number of ether oxygens (including phenoxy) is 1. The number of carbonyl (C=O) groups excluding carboxylic acids is 1. The minimum Gasteiger partial charge on any atom is -0.483 e. The molecule has 0 bridgehead atoms. The standard InChI is InChI=1S/C23H20N4O2S2/c1-14-25-21-18(31-14)12-17(16-8-11-30-22(16)21)29-13-19(28)26-20(15-6-4-3-5-7-15)23-24-9-10-27(23)2/h3-12,20H,13H2,1-2H3,(H,26,28). The Balaban J connectivity index is 1.38. The molecule has 5 rings (SSSR count). The van der Waals surface area contributed by atoms with E-state index in [1.807, 2.05) is 72.6 Å². The van der Waals surface area contributed by atoms with Crippen molar-refractivity contribution in [1.29, 1.82) is 0 Å². The summed E-state index contributed by atoms with van der Waals surface area (Å²) in [5.41, 5.74) is 1.97. The third kappa shape index (κ3) is 3.80. The van der Waals surface area contributed by atoms with Crippen molar-refractivity contribution in [2.24, 2.45) is 7.05 Å². The Hall–Kier alpha value is -3.23. The first-order valence-electron chi connectivity index (χ1n) is 9.82. The smallest absolute Gasteiger partial charge is 0.258 e. The van der Waals surface area contributed by atoms with E-state index < -0.39 is 0 Å². The van der Waals surface area contributed by atoms with Crippen LogP contribution in [0.1, 0.15) is 22.4 Å². The molecule has 1 amide bonds. The molecule has 6 nitrogen and oxygen atoms in total. The highest BCUT2D eigenvalue weighted by atomic mass is 32.1. The summed E-state index contributed by atoms with van der Waals surface area (Å²) in [7, 11) is 1.92. The van der Waals surface area contributed by atoms with Crippen LogP contribution in [0, 0.1) is 6.92 Å². The quantitative estimate of drug-likeness (QED) is 0.404. The third-order valence-corrected chi connectivity index (χ3v) is 6.92. The molecule has 0 aliphatic rings. The van der Waals surface area contributed by atoms with E-state index in [1.54, 1.807) is 28.9 Å². The van der Waals surface area contributed by atoms with Crippen molar-refractivity contribution in [2.75, 3.05) is 6.61 Å². The molecule has 0 aliphatic carbocycles. The van der Waals surface area contributed by atoms with Gasteiger partial charge in [0.15, 0.2) is 6.61 Å². The van der Waals surface area contributed by atoms with Gasteiger partial charge in [0.25, 0.3) is 5.91 Å². The lowest BCUT2D eigenvalue weighted by atomic mass is 10.1. The molecule has 5 aromatic rings. The van der Waals surface area contributed by atoms with Crippen molar-refractivity contribution < 1.29 is 9.53 Å². The molecule has 8 heteroatoms. The normalized spacial score (nSPS) is 12.3. The first kappa shape index (κ1) is 19.7. The summed E-state index contributed by atoms with van der Waals surface area (Å²) in [6.07, 6.45) is 3.60. The second-order valence-corrected chi connectivity index (χ2v) is 9.36. The summed E-state index contributed by atoms with van der Waals surface area (Å²) in [4.78, 5) is 22.0. The van der Waals surface area contributed by atoms with E-state index in [4.69, 9.17) is 4.74 Å². The van der Waals surface area contributed by atoms with Gasteiger partial charge < -0.3 is 14.6 Å². The molecule has 156 valence electrons. The number of amides is 1. The predicted molar refractivity (Wildman–Crippen MR) is 125 cm³/mol. The van der Waals surface area contributed by atoms with E-state index in [-0.39, 0.29) is 18.6 Å². The van der Waals surface area contributed by atoms with Crippen LogP contribution in [0.2, 0.25) is 0 Å². The largest absolute Gasteiger partial charge is 0.483 e. The number of thiazole rings is 1. The Morgan fingerprint density at radius 2 is 2.10 bits per heavy atom. The number of carbonyl (C=O) groups is 1. The second kappa shape index (κ2) is 8.13. The number of hydrogen-bond donors (Lipinski definition) is 1. The average Bonchev–Trinajstić information content (AvgIpc) is 3.50. The zero-order valence-electron chi connectivity index (χ0n) is 17.0. The summed E-state index contributed by atoms with van der Waals surface area (Å²) >= 11 is 3.27. The summed E-state index contributed by atoms with van der Waals surface area (Å²) in [5, 5.41) is 7.10. The summed E-state index contributed by atoms with van der Waals surface area (Å²) in [5.74, 6) is 1.26. The van der Waals surface area contributed by atoms with E-state index >= 15 is 0 Å². The van der Waals surface area contributed by atoms with Crippen molar-refractivity contribution in [3.05, 3.63) is 76.6 Å². The second-order valence-electron chi connectivity index (χ2n) is 7.21. The zero-order chi connectivity index (χ0) is 21.4. The molecular formula is C23H20N4O2S2. The highest BCUT2D eigenvalue weighted by Crippen LogP contribution is 2.38. The molecule has 0 saturated heterocycles. The number of rotatable bonds is 6. The van der Waals surface area contributed by atoms with Crippen molar-refractivity contribution >= 4 is 48.9 Å². The number of nitrogens with one attached hydrogen (secondary N) is 1. The highest BCUT2D eigenvalue weighted by Gasteiger charge is 2.21. The Labute approximate surface area is 187 Å². The van der Waals surface area contributed by atoms with Crippen LogP contribution in [-0.2, 0) is 11.8 Å². The van der Waals surface area contributed by atoms with Crippen LogP contribution in [0.3, 0.4) is 0 Å². The molecule has 31 heavy (non-hydrogen) atoms. The summed E-state index contributed by atoms with van der Waals surface area (Å²) in [6, 6.07) is 13.5. The minimum absolute atomic E-state index is 0.0814. The molecule has 0 aliphatic heterocycles. The number of aryl methyl sites for hydroxylation is 2. The van der Waals surface area contributed by atoms with Crippen LogP contribution in [0.15, 0.2) is 60.2 Å². The molecule has 3 heterocycles. The van der Waals surface area contributed by atoms with Gasteiger partial charge in [-0.15, -0.1) is 22.7 Å². The number of benzene rings is 2. The van der Waals surface area contributed by atoms with Crippen molar-refractivity contribution in [1.82, 2.24) is 19.9 Å². The maximum atomic E-state index is 12.9. The van der Waals surface area contributed by atoms with Crippen molar-refractivity contribution in [2.45, 2.75) is 13.0 Å². The molecule has 3 aromatic heterocycles. The first-order chi connectivity index (χ1) is 15.1. The van der Waals surface area contributed by atoms with Gasteiger partial charge in [0, 0.05) is 30.9 Å². The average molecular weight is 449 g/mol. The van der Waals surface area contributed by atoms with Crippen LogP contribution in [-0.4, -0.2) is 27.0 Å². The Morgan fingerprint density at radius 3 is 2.87 bits per heavy atom. The lowest BCUT2D eigenvalue weighted by molar-refractivity contribution is -0.123. The topological polar surface area (TPSA) is 69.0 Å². The van der Waals surface area contributed by atoms with Gasteiger partial charge in [-0.25, -0.2) is 9.97 Å². The van der Waals surface area contributed by atoms with Gasteiger partial charge in [0.05, 0.1) is 19.9 Å². The monoisotopic (exact) mass is 448 g/mol. The van der Waals surface area contributed by atoms with Gasteiger partial charge in [-0.3, -0.25) is 4.79 Å². The number of imidazole rings is 1. The van der Waals surface area contributed by atoms with E-state index in [9.17, 15) is 4.79 Å². The van der Waals surface area contributed by atoms with Crippen LogP contribution < -0.4 is 10.1 Å². The Kier molecular flexibility index (Phi) is 5.17. The maximum Gasteiger partial charge on any atom is 0.258 e. The predicted octanol–water partition coefficient (Wildman–Crippen LogP) is 4.84. The van der Waals surface area contributed by atoms with Crippen molar-refractivity contribution in [3.63, 3.8) is 0 Å². The van der Waals surface area contributed by atoms with Gasteiger partial charge in [-0.05, 0) is 23.9 Å². The molecule has 1 unspecified atom stereocenters. The van der Waals surface area contributed by atoms with E-state index in [1.165, 1.54) is 0 Å². The summed E-state index contributed by atoms with van der Waals surface area (Å²) in [6.45, 7) is 1.92. The van der Waals surface area contributed by atoms with Crippen LogP contribution in [0.5, 0.6) is 5.75 Å². The molecule has 1 N–H and O–H groups in total. The van der Waals surface area contributed by atoms with Crippen molar-refractivity contribution in [3.8, 4) is 5.75 Å². The fourth-order valence-electron chi connectivity index (χ4n) is 3.65. The van der Waals surface area contributed by atoms with E-state index in [0.29, 0.717) is 5.75 Å². The lowest BCUT2D eigenvalue weighted by Crippen LogP contribution is -2.34. The number of fused-ring (bicyclic) bond motifs is 3. The molecule has 1 atom stereocenters. The summed E-state index contributed by atoms with van der Waals surface area (Å²) < 4.78 is 10.1. The fourth-order valence-corrected chi connectivity index (χ4v) is 5.48. The molecule has 0 fully saturated rings. The lowest BCUT2D eigenvalue weighted by Gasteiger charge is -2.19. The zero-order valence-corrected chi connectivity index (χ0v) is 18.7. The number of aromatic nitrogens is 3. The SMILES string of the molecule is Cc1nc2c(cc(OCC(=O)NC(c3ccccc3)c3nccn3C)c3ccsc32)s1. The maximum absolute atomic E-state index is 12.9. The van der Waals surface area contributed by atoms with Gasteiger partial charge in [0.2, 0.25) is 0 Å². The Bertz CT molecular complexity index is 1370. The number of thiophene rings is 1. The van der Waals surface area contributed by atoms with Gasteiger partial charge in [-0.2, -0.15) is 0 Å². The van der Waals surface area contributed by atoms with E-state index in [0.717, 1.165) is 36.7 Å². The van der Waals surface area contributed by atoms with Gasteiger partial charge in [-0.1, -0.05) is 30.3 Å². The van der Waals surface area contributed by atoms with Gasteiger partial charge >= 0.3 is 0 Å². The number of nitrogens with zero attached hydrogens (tertiary/aromatic N) is 3. The first-order valence-corrected chi connectivity index (χ1v) is 11.5. The number of hydrogen-bond acceptors (Lipinski definition) is 6. The minimum atomic E-state index is -0.356. The fraction of sp³-hybridized carbons (Fsp3) is 0.174. The van der Waals surface area contributed by atoms with Crippen LogP contribution >= 0.6 is 22.7 Å². The molecule has 0 saturated carbocycles. The molecule has 0 radical (unpaired) electrons. The van der Waals surface area contributed by atoms with E-state index in [2.05, 4.69) is 15.3 Å². The third-order valence-electron chi connectivity index (χ3n) is 5.08. The van der Waals surface area contributed by atoms with Crippen LogP contribution in [0.4, 0.5) is 0 Å².